The van der Waals surface area contributed by atoms with Crippen LogP contribution >= 0.6 is 15.9 Å². The van der Waals surface area contributed by atoms with Gasteiger partial charge in [-0.3, -0.25) is 0 Å². The first-order valence-electron chi connectivity index (χ1n) is 5.27. The van der Waals surface area contributed by atoms with E-state index in [4.69, 9.17) is 4.74 Å². The van der Waals surface area contributed by atoms with Gasteiger partial charge in [-0.1, -0.05) is 13.8 Å². The van der Waals surface area contributed by atoms with Gasteiger partial charge in [0, 0.05) is 0 Å². The zero-order valence-corrected chi connectivity index (χ0v) is 10.9. The Labute approximate surface area is 99.1 Å². The second-order valence-corrected chi connectivity index (χ2v) is 5.28. The van der Waals surface area contributed by atoms with Gasteiger partial charge in [-0.15, -0.1) is 0 Å². The first-order chi connectivity index (χ1) is 7.08. The van der Waals surface area contributed by atoms with Crippen LogP contribution in [0.2, 0.25) is 0 Å². The van der Waals surface area contributed by atoms with Crippen LogP contribution in [-0.4, -0.2) is 12.6 Å². The van der Waals surface area contributed by atoms with Crippen LogP contribution in [0.1, 0.15) is 19.4 Å². The van der Waals surface area contributed by atoms with Gasteiger partial charge in [-0.25, -0.2) is 0 Å². The lowest BCUT2D eigenvalue weighted by Crippen LogP contribution is -2.35. The fraction of sp³-hybridized carbons (Fsp3) is 0.500. The molecule has 0 radical (unpaired) electrons. The van der Waals surface area contributed by atoms with Crippen LogP contribution in [0.15, 0.2) is 16.6 Å². The highest BCUT2D eigenvalue weighted by atomic mass is 79.9. The third kappa shape index (κ3) is 2.12. The molecule has 1 aliphatic rings. The van der Waals surface area contributed by atoms with Crippen LogP contribution in [0, 0.1) is 12.8 Å². The maximum absolute atomic E-state index is 5.77. The van der Waals surface area contributed by atoms with E-state index < -0.39 is 0 Å². The average molecular weight is 270 g/mol. The van der Waals surface area contributed by atoms with E-state index in [1.54, 1.807) is 0 Å². The van der Waals surface area contributed by atoms with E-state index in [0.29, 0.717) is 12.0 Å². The Kier molecular flexibility index (Phi) is 2.91. The molecule has 2 rings (SSSR count). The summed E-state index contributed by atoms with van der Waals surface area (Å²) in [6, 6.07) is 4.62. The van der Waals surface area contributed by atoms with E-state index >= 15 is 0 Å². The molecule has 1 N–H and O–H groups in total. The van der Waals surface area contributed by atoms with Gasteiger partial charge in [0.25, 0.3) is 0 Å². The summed E-state index contributed by atoms with van der Waals surface area (Å²) in [4.78, 5) is 0. The summed E-state index contributed by atoms with van der Waals surface area (Å²) in [6.45, 7) is 7.24. The molecule has 2 nitrogen and oxygen atoms in total. The zero-order valence-electron chi connectivity index (χ0n) is 9.30. The minimum absolute atomic E-state index is 0.409. The van der Waals surface area contributed by atoms with E-state index in [0.717, 1.165) is 22.5 Å². The molecule has 1 unspecified atom stereocenters. The highest BCUT2D eigenvalue weighted by Gasteiger charge is 2.23. The molecule has 0 aliphatic carbocycles. The molecule has 0 bridgehead atoms. The van der Waals surface area contributed by atoms with Gasteiger partial charge in [0.1, 0.15) is 6.61 Å². The number of benzene rings is 1. The van der Waals surface area contributed by atoms with Crippen LogP contribution in [0.25, 0.3) is 0 Å². The average Bonchev–Trinajstić information content (AvgIpc) is 2.16. The van der Waals surface area contributed by atoms with Crippen molar-refractivity contribution < 1.29 is 4.74 Å². The first-order valence-corrected chi connectivity index (χ1v) is 6.06. The summed E-state index contributed by atoms with van der Waals surface area (Å²) in [6.07, 6.45) is 0. The predicted octanol–water partition coefficient (Wildman–Crippen LogP) is 3.59. The van der Waals surface area contributed by atoms with Crippen molar-refractivity contribution in [3.8, 4) is 5.75 Å². The molecule has 0 aromatic heterocycles. The van der Waals surface area contributed by atoms with Gasteiger partial charge in [0.2, 0.25) is 0 Å². The molecule has 0 saturated heterocycles. The number of halogens is 1. The van der Waals surface area contributed by atoms with E-state index in [1.165, 1.54) is 5.56 Å². The number of anilines is 1. The Morgan fingerprint density at radius 1 is 1.47 bits per heavy atom. The molecular formula is C12H16BrNO. The summed E-state index contributed by atoms with van der Waals surface area (Å²) in [5.74, 6) is 1.52. The van der Waals surface area contributed by atoms with E-state index in [2.05, 4.69) is 54.2 Å². The van der Waals surface area contributed by atoms with E-state index in [1.807, 2.05) is 0 Å². The Morgan fingerprint density at radius 3 is 2.87 bits per heavy atom. The monoisotopic (exact) mass is 269 g/mol. The smallest absolute Gasteiger partial charge is 0.156 e. The molecule has 0 amide bonds. The third-order valence-electron chi connectivity index (χ3n) is 2.74. The number of rotatable bonds is 1. The number of ether oxygens (including phenoxy) is 1. The molecule has 82 valence electrons. The fourth-order valence-corrected chi connectivity index (χ4v) is 2.45. The first kappa shape index (κ1) is 10.8. The van der Waals surface area contributed by atoms with Crippen molar-refractivity contribution >= 4 is 21.6 Å². The number of fused-ring (bicyclic) bond motifs is 1. The van der Waals surface area contributed by atoms with Crippen molar-refractivity contribution in [2.45, 2.75) is 26.8 Å². The second-order valence-electron chi connectivity index (χ2n) is 4.43. The van der Waals surface area contributed by atoms with Crippen LogP contribution in [0.5, 0.6) is 5.75 Å². The standard InChI is InChI=1S/C12H16BrNO/c1-7(2)11-6-15-12-9(13)4-8(3)5-10(12)14-11/h4-5,7,11,14H,6H2,1-3H3. The lowest BCUT2D eigenvalue weighted by molar-refractivity contribution is 0.256. The molecule has 1 aromatic carbocycles. The van der Waals surface area contributed by atoms with Gasteiger partial charge < -0.3 is 10.1 Å². The topological polar surface area (TPSA) is 21.3 Å². The Morgan fingerprint density at radius 2 is 2.20 bits per heavy atom. The quantitative estimate of drug-likeness (QED) is 0.842. The Bertz CT molecular complexity index is 376. The van der Waals surface area contributed by atoms with Crippen LogP contribution in [0.4, 0.5) is 5.69 Å². The van der Waals surface area contributed by atoms with E-state index in [9.17, 15) is 0 Å². The van der Waals surface area contributed by atoms with Crippen molar-refractivity contribution in [3.05, 3.63) is 22.2 Å². The minimum atomic E-state index is 0.409. The van der Waals surface area contributed by atoms with Crippen LogP contribution in [0.3, 0.4) is 0 Å². The van der Waals surface area contributed by atoms with Gasteiger partial charge in [0.15, 0.2) is 5.75 Å². The van der Waals surface area contributed by atoms with Gasteiger partial charge >= 0.3 is 0 Å². The molecule has 0 spiro atoms. The number of hydrogen-bond donors (Lipinski definition) is 1. The molecule has 0 fully saturated rings. The highest BCUT2D eigenvalue weighted by molar-refractivity contribution is 9.10. The zero-order chi connectivity index (χ0) is 11.0. The van der Waals surface area contributed by atoms with Crippen LogP contribution < -0.4 is 10.1 Å². The number of aryl methyl sites for hydroxylation is 1. The molecule has 15 heavy (non-hydrogen) atoms. The summed E-state index contributed by atoms with van der Waals surface area (Å²) in [5, 5.41) is 3.52. The Balaban J connectivity index is 2.33. The maximum atomic E-state index is 5.77. The largest absolute Gasteiger partial charge is 0.488 e. The molecular weight excluding hydrogens is 254 g/mol. The van der Waals surface area contributed by atoms with Crippen LogP contribution in [-0.2, 0) is 0 Å². The lowest BCUT2D eigenvalue weighted by atomic mass is 10.0. The van der Waals surface area contributed by atoms with Crippen molar-refractivity contribution in [3.63, 3.8) is 0 Å². The fourth-order valence-electron chi connectivity index (χ4n) is 1.76. The molecule has 1 heterocycles. The van der Waals surface area contributed by atoms with Crippen molar-refractivity contribution in [2.75, 3.05) is 11.9 Å². The van der Waals surface area contributed by atoms with Gasteiger partial charge in [-0.2, -0.15) is 0 Å². The summed E-state index contributed by atoms with van der Waals surface area (Å²) >= 11 is 3.52. The number of hydrogen-bond acceptors (Lipinski definition) is 2. The molecule has 1 aromatic rings. The second kappa shape index (κ2) is 4.05. The summed E-state index contributed by atoms with van der Waals surface area (Å²) in [7, 11) is 0. The molecule has 0 saturated carbocycles. The highest BCUT2D eigenvalue weighted by Crippen LogP contribution is 2.38. The number of nitrogens with one attached hydrogen (secondary N) is 1. The predicted molar refractivity (Wildman–Crippen MR) is 66.6 cm³/mol. The van der Waals surface area contributed by atoms with Gasteiger partial charge in [0.05, 0.1) is 16.2 Å². The summed E-state index contributed by atoms with van der Waals surface area (Å²) in [5.41, 5.74) is 2.34. The Hall–Kier alpha value is -0.700. The normalized spacial score (nSPS) is 19.4. The summed E-state index contributed by atoms with van der Waals surface area (Å²) < 4.78 is 6.81. The lowest BCUT2D eigenvalue weighted by Gasteiger charge is -2.30. The molecule has 1 aliphatic heterocycles. The van der Waals surface area contributed by atoms with E-state index in [-0.39, 0.29) is 0 Å². The molecule has 3 heteroatoms. The van der Waals surface area contributed by atoms with Gasteiger partial charge in [-0.05, 0) is 46.5 Å². The van der Waals surface area contributed by atoms with Crippen molar-refractivity contribution in [1.29, 1.82) is 0 Å². The third-order valence-corrected chi connectivity index (χ3v) is 3.33. The molecule has 1 atom stereocenters. The minimum Gasteiger partial charge on any atom is -0.488 e. The SMILES string of the molecule is Cc1cc(Br)c2c(c1)NC(C(C)C)CO2. The van der Waals surface area contributed by atoms with Crippen molar-refractivity contribution in [1.82, 2.24) is 0 Å². The maximum Gasteiger partial charge on any atom is 0.156 e. The van der Waals surface area contributed by atoms with Crippen molar-refractivity contribution in [2.24, 2.45) is 5.92 Å².